The van der Waals surface area contributed by atoms with Gasteiger partial charge in [-0.3, -0.25) is 4.79 Å². The Kier molecular flexibility index (Phi) is 7.32. The molecule has 0 aromatic heterocycles. The lowest BCUT2D eigenvalue weighted by molar-refractivity contribution is 0.102. The van der Waals surface area contributed by atoms with Crippen molar-refractivity contribution in [1.82, 2.24) is 0 Å². The topological polar surface area (TPSA) is 74.0 Å². The van der Waals surface area contributed by atoms with Gasteiger partial charge < -0.3 is 10.4 Å². The van der Waals surface area contributed by atoms with Crippen LogP contribution >= 0.6 is 0 Å². The zero-order chi connectivity index (χ0) is 27.4. The number of amides is 1. The fourth-order valence-corrected chi connectivity index (χ4v) is 4.37. The average Bonchev–Trinajstić information content (AvgIpc) is 2.94. The van der Waals surface area contributed by atoms with Crippen LogP contribution in [0.25, 0.3) is 22.9 Å². The van der Waals surface area contributed by atoms with E-state index in [-0.39, 0.29) is 17.0 Å². The molecule has 39 heavy (non-hydrogen) atoms. The van der Waals surface area contributed by atoms with E-state index in [1.807, 2.05) is 86.7 Å². The van der Waals surface area contributed by atoms with E-state index in [1.54, 1.807) is 6.07 Å². The summed E-state index contributed by atoms with van der Waals surface area (Å²) < 4.78 is 0. The molecule has 0 aliphatic rings. The van der Waals surface area contributed by atoms with Crippen LogP contribution in [-0.2, 0) is 0 Å². The summed E-state index contributed by atoms with van der Waals surface area (Å²) >= 11 is 0. The fourth-order valence-electron chi connectivity index (χ4n) is 4.37. The van der Waals surface area contributed by atoms with Crippen LogP contribution in [0.1, 0.15) is 38.2 Å². The minimum absolute atomic E-state index is 0.138. The summed E-state index contributed by atoms with van der Waals surface area (Å²) in [5.41, 5.74) is 7.17. The van der Waals surface area contributed by atoms with Gasteiger partial charge in [0.15, 0.2) is 5.75 Å². The minimum Gasteiger partial charge on any atom is -0.505 e. The average molecular weight is 512 g/mol. The van der Waals surface area contributed by atoms with E-state index in [4.69, 9.17) is 0 Å². The Morgan fingerprint density at radius 3 is 2.08 bits per heavy atom. The minimum atomic E-state index is -0.411. The highest BCUT2D eigenvalue weighted by atomic mass is 16.3. The number of hydrogen-bond acceptors (Lipinski definition) is 4. The Labute approximate surface area is 228 Å². The summed E-state index contributed by atoms with van der Waals surface area (Å²) in [6, 6.07) is 31.0. The van der Waals surface area contributed by atoms with Crippen molar-refractivity contribution in [2.75, 3.05) is 5.32 Å². The van der Waals surface area contributed by atoms with Crippen LogP contribution in [0, 0.1) is 20.8 Å². The second kappa shape index (κ2) is 11.2. The summed E-state index contributed by atoms with van der Waals surface area (Å²) in [6.45, 7) is 6.01. The number of carbonyl (C=O) groups excluding carboxylic acids is 1. The first-order valence-corrected chi connectivity index (χ1v) is 12.8. The standard InChI is InChI=1S/C34H29N3O2/c1-22-8-11-25(12-9-22)13-14-26-15-17-28(18-16-26)36-37-32-29-7-5-4-6-27(29)21-30(33(32)38)34(39)35-31-19-10-23(2)20-24(31)3/h4-21,38H,1-3H3,(H,35,39). The second-order valence-electron chi connectivity index (χ2n) is 9.65. The number of phenols is 1. The number of anilines is 1. The summed E-state index contributed by atoms with van der Waals surface area (Å²) in [4.78, 5) is 13.2. The van der Waals surface area contributed by atoms with Crippen LogP contribution in [0.3, 0.4) is 0 Å². The number of aromatic hydroxyl groups is 1. The van der Waals surface area contributed by atoms with Gasteiger partial charge in [0.2, 0.25) is 0 Å². The van der Waals surface area contributed by atoms with E-state index in [9.17, 15) is 9.90 Å². The number of carbonyl (C=O) groups is 1. The highest BCUT2D eigenvalue weighted by Gasteiger charge is 2.19. The molecular formula is C34H29N3O2. The maximum absolute atomic E-state index is 13.2. The van der Waals surface area contributed by atoms with Gasteiger partial charge in [0.05, 0.1) is 11.3 Å². The number of azo groups is 1. The van der Waals surface area contributed by atoms with Crippen molar-refractivity contribution in [1.29, 1.82) is 0 Å². The number of rotatable bonds is 6. The number of nitrogens with one attached hydrogen (secondary N) is 1. The predicted octanol–water partition coefficient (Wildman–Crippen LogP) is 9.31. The molecule has 2 N–H and O–H groups in total. The Balaban J connectivity index is 1.42. The molecule has 5 rings (SSSR count). The van der Waals surface area contributed by atoms with Crippen molar-refractivity contribution in [3.8, 4) is 5.75 Å². The number of aryl methyl sites for hydroxylation is 3. The molecule has 0 atom stereocenters. The van der Waals surface area contributed by atoms with Gasteiger partial charge in [-0.1, -0.05) is 96.1 Å². The van der Waals surface area contributed by atoms with Gasteiger partial charge in [-0.05, 0) is 67.1 Å². The zero-order valence-corrected chi connectivity index (χ0v) is 22.1. The Morgan fingerprint density at radius 1 is 0.744 bits per heavy atom. The van der Waals surface area contributed by atoms with Crippen molar-refractivity contribution >= 4 is 45.9 Å². The number of benzene rings is 5. The van der Waals surface area contributed by atoms with Crippen LogP contribution in [-0.4, -0.2) is 11.0 Å². The summed E-state index contributed by atoms with van der Waals surface area (Å²) in [7, 11) is 0. The van der Waals surface area contributed by atoms with E-state index in [2.05, 4.69) is 52.8 Å². The van der Waals surface area contributed by atoms with Crippen LogP contribution in [0.4, 0.5) is 17.1 Å². The molecule has 192 valence electrons. The molecule has 0 aliphatic heterocycles. The molecule has 5 aromatic carbocycles. The molecule has 0 bridgehead atoms. The van der Waals surface area contributed by atoms with Gasteiger partial charge in [-0.2, -0.15) is 5.11 Å². The number of phenolic OH excluding ortho intramolecular Hbond substituents is 1. The van der Waals surface area contributed by atoms with E-state index in [1.165, 1.54) is 5.56 Å². The third-order valence-electron chi connectivity index (χ3n) is 6.57. The molecule has 0 heterocycles. The van der Waals surface area contributed by atoms with Crippen molar-refractivity contribution in [3.05, 3.63) is 130 Å². The quantitative estimate of drug-likeness (QED) is 0.176. The number of nitrogens with zero attached hydrogens (tertiary/aromatic N) is 2. The summed E-state index contributed by atoms with van der Waals surface area (Å²) in [6.07, 6.45) is 4.11. The molecule has 0 radical (unpaired) electrons. The highest BCUT2D eigenvalue weighted by molar-refractivity contribution is 6.12. The molecule has 5 aromatic rings. The van der Waals surface area contributed by atoms with Gasteiger partial charge in [0, 0.05) is 11.1 Å². The van der Waals surface area contributed by atoms with Crippen molar-refractivity contribution in [2.24, 2.45) is 10.2 Å². The summed E-state index contributed by atoms with van der Waals surface area (Å²) in [5.74, 6) is -0.622. The first-order valence-electron chi connectivity index (χ1n) is 12.8. The molecular weight excluding hydrogens is 482 g/mol. The molecule has 5 nitrogen and oxygen atoms in total. The lowest BCUT2D eigenvalue weighted by Crippen LogP contribution is -2.13. The van der Waals surface area contributed by atoms with Gasteiger partial charge in [0.1, 0.15) is 5.69 Å². The van der Waals surface area contributed by atoms with Crippen LogP contribution in [0.15, 0.2) is 107 Å². The molecule has 5 heteroatoms. The van der Waals surface area contributed by atoms with Crippen molar-refractivity contribution in [2.45, 2.75) is 20.8 Å². The van der Waals surface area contributed by atoms with Crippen molar-refractivity contribution in [3.63, 3.8) is 0 Å². The Bertz CT molecular complexity index is 1720. The Morgan fingerprint density at radius 2 is 1.38 bits per heavy atom. The first-order chi connectivity index (χ1) is 18.9. The van der Waals surface area contributed by atoms with E-state index in [0.717, 1.165) is 27.6 Å². The van der Waals surface area contributed by atoms with Crippen LogP contribution in [0.5, 0.6) is 5.75 Å². The van der Waals surface area contributed by atoms with Gasteiger partial charge in [-0.15, -0.1) is 5.11 Å². The third-order valence-corrected chi connectivity index (χ3v) is 6.57. The number of fused-ring (bicyclic) bond motifs is 1. The van der Waals surface area contributed by atoms with E-state index < -0.39 is 5.91 Å². The van der Waals surface area contributed by atoms with Crippen LogP contribution in [0.2, 0.25) is 0 Å². The highest BCUT2D eigenvalue weighted by Crippen LogP contribution is 2.39. The largest absolute Gasteiger partial charge is 0.505 e. The molecule has 0 saturated carbocycles. The monoisotopic (exact) mass is 511 g/mol. The lowest BCUT2D eigenvalue weighted by atomic mass is 10.0. The molecule has 0 aliphatic carbocycles. The van der Waals surface area contributed by atoms with Crippen molar-refractivity contribution < 1.29 is 9.90 Å². The first kappa shape index (κ1) is 25.6. The maximum atomic E-state index is 13.2. The van der Waals surface area contributed by atoms with Crippen LogP contribution < -0.4 is 5.32 Å². The fraction of sp³-hybridized carbons (Fsp3) is 0.0882. The SMILES string of the molecule is Cc1ccc(C=Cc2ccc(N=Nc3c(O)c(C(=O)Nc4ccc(C)cc4C)cc4ccccc34)cc2)cc1. The van der Waals surface area contributed by atoms with E-state index in [0.29, 0.717) is 16.8 Å². The molecule has 0 fully saturated rings. The molecule has 0 saturated heterocycles. The third kappa shape index (κ3) is 5.94. The smallest absolute Gasteiger partial charge is 0.259 e. The Hall–Kier alpha value is -5.03. The normalized spacial score (nSPS) is 11.5. The predicted molar refractivity (Wildman–Crippen MR) is 160 cm³/mol. The van der Waals surface area contributed by atoms with Gasteiger partial charge >= 0.3 is 0 Å². The molecule has 0 spiro atoms. The summed E-state index contributed by atoms with van der Waals surface area (Å²) in [5, 5.41) is 24.3. The van der Waals surface area contributed by atoms with Gasteiger partial charge in [-0.25, -0.2) is 0 Å². The van der Waals surface area contributed by atoms with Gasteiger partial charge in [0.25, 0.3) is 5.91 Å². The van der Waals surface area contributed by atoms with E-state index >= 15 is 0 Å². The number of hydrogen-bond donors (Lipinski definition) is 2. The molecule has 0 unspecified atom stereocenters. The maximum Gasteiger partial charge on any atom is 0.259 e. The zero-order valence-electron chi connectivity index (χ0n) is 22.1. The molecule has 1 amide bonds. The second-order valence-corrected chi connectivity index (χ2v) is 9.65. The lowest BCUT2D eigenvalue weighted by Gasteiger charge is -2.12.